The summed E-state index contributed by atoms with van der Waals surface area (Å²) in [6.07, 6.45) is 0. The topological polar surface area (TPSA) is 29.1 Å². The number of halogens is 5. The van der Waals surface area contributed by atoms with E-state index in [1.807, 2.05) is 18.2 Å². The van der Waals surface area contributed by atoms with Crippen LogP contribution in [0.25, 0.3) is 11.1 Å². The van der Waals surface area contributed by atoms with Gasteiger partial charge in [0.2, 0.25) is 0 Å². The molecule has 1 aliphatic rings. The van der Waals surface area contributed by atoms with E-state index < -0.39 is 10.7 Å². The maximum absolute atomic E-state index is 11.8. The molecule has 0 unspecified atom stereocenters. The van der Waals surface area contributed by atoms with Crippen LogP contribution in [0.1, 0.15) is 16.0 Å². The molecule has 1 amide bonds. The lowest BCUT2D eigenvalue weighted by Gasteiger charge is -2.13. The Balaban J connectivity index is 2.18. The molecule has 2 aromatic rings. The van der Waals surface area contributed by atoms with Crippen LogP contribution in [0.3, 0.4) is 0 Å². The number of nitrogens with one attached hydrogen (secondary N) is 1. The zero-order valence-electron chi connectivity index (χ0n) is 10.8. The highest BCUT2D eigenvalue weighted by Crippen LogP contribution is 2.52. The van der Waals surface area contributed by atoms with Crippen molar-refractivity contribution in [2.75, 3.05) is 5.32 Å². The van der Waals surface area contributed by atoms with Gasteiger partial charge in [0.15, 0.2) is 4.84 Å². The minimum atomic E-state index is -1.15. The standard InChI is InChI=1S/C15H8BrCl4NO/c16-13-9-3-6(17)1-2-8(9)12-10(13)4-7(18)5-11(12)21-15(22)14(19)20/h1-5,13-14H,(H,21,22)/t13-/m1/s1. The summed E-state index contributed by atoms with van der Waals surface area (Å²) < 4.78 is 0. The second-order valence-electron chi connectivity index (χ2n) is 4.80. The summed E-state index contributed by atoms with van der Waals surface area (Å²) >= 11 is 27.1. The Hall–Kier alpha value is -0.450. The highest BCUT2D eigenvalue weighted by Gasteiger charge is 2.30. The smallest absolute Gasteiger partial charge is 0.257 e. The van der Waals surface area contributed by atoms with Gasteiger partial charge < -0.3 is 5.32 Å². The molecule has 1 aliphatic carbocycles. The molecule has 0 radical (unpaired) electrons. The van der Waals surface area contributed by atoms with Gasteiger partial charge in [-0.05, 0) is 41.0 Å². The molecule has 0 fully saturated rings. The molecule has 114 valence electrons. The molecule has 7 heteroatoms. The van der Waals surface area contributed by atoms with Gasteiger partial charge in [-0.15, -0.1) is 0 Å². The maximum atomic E-state index is 11.8. The van der Waals surface area contributed by atoms with Crippen molar-refractivity contribution in [2.45, 2.75) is 9.66 Å². The van der Waals surface area contributed by atoms with Crippen LogP contribution in [-0.2, 0) is 4.79 Å². The predicted octanol–water partition coefficient (Wildman–Crippen LogP) is 6.20. The van der Waals surface area contributed by atoms with Gasteiger partial charge >= 0.3 is 0 Å². The van der Waals surface area contributed by atoms with Gasteiger partial charge in [-0.25, -0.2) is 0 Å². The molecule has 0 aromatic heterocycles. The number of hydrogen-bond acceptors (Lipinski definition) is 1. The van der Waals surface area contributed by atoms with Crippen molar-refractivity contribution in [3.8, 4) is 11.1 Å². The van der Waals surface area contributed by atoms with Crippen LogP contribution in [0.2, 0.25) is 10.0 Å². The Morgan fingerprint density at radius 1 is 1.09 bits per heavy atom. The first kappa shape index (κ1) is 16.4. The summed E-state index contributed by atoms with van der Waals surface area (Å²) in [5.41, 5.74) is 4.42. The van der Waals surface area contributed by atoms with Crippen LogP contribution < -0.4 is 5.32 Å². The Labute approximate surface area is 155 Å². The summed E-state index contributed by atoms with van der Waals surface area (Å²) in [5.74, 6) is -0.499. The number of carbonyl (C=O) groups excluding carboxylic acids is 1. The number of carbonyl (C=O) groups is 1. The highest BCUT2D eigenvalue weighted by molar-refractivity contribution is 9.09. The fourth-order valence-electron chi connectivity index (χ4n) is 2.55. The first-order valence-electron chi connectivity index (χ1n) is 6.25. The third-order valence-corrected chi connectivity index (χ3v) is 5.25. The third kappa shape index (κ3) is 2.85. The summed E-state index contributed by atoms with van der Waals surface area (Å²) in [4.78, 5) is 10.6. The van der Waals surface area contributed by atoms with Crippen molar-refractivity contribution >= 4 is 73.9 Å². The maximum Gasteiger partial charge on any atom is 0.257 e. The van der Waals surface area contributed by atoms with E-state index in [2.05, 4.69) is 21.2 Å². The largest absolute Gasteiger partial charge is 0.323 e. The molecular formula is C15H8BrCl4NO. The molecule has 2 aromatic carbocycles. The SMILES string of the molecule is O=C(Nc1cc(Cl)cc2c1-c1ccc(Cl)cc1[C@H]2Br)C(Cl)Cl. The highest BCUT2D eigenvalue weighted by atomic mass is 79.9. The summed E-state index contributed by atoms with van der Waals surface area (Å²) in [6.45, 7) is 0. The normalized spacial score (nSPS) is 15.6. The van der Waals surface area contributed by atoms with Crippen molar-refractivity contribution < 1.29 is 4.79 Å². The van der Waals surface area contributed by atoms with E-state index in [1.165, 1.54) is 0 Å². The first-order chi connectivity index (χ1) is 10.4. The Kier molecular flexibility index (Phi) is 4.64. The first-order valence-corrected chi connectivity index (χ1v) is 8.79. The van der Waals surface area contributed by atoms with E-state index >= 15 is 0 Å². The minimum absolute atomic E-state index is 0.0478. The lowest BCUT2D eigenvalue weighted by atomic mass is 10.0. The Morgan fingerprint density at radius 2 is 1.77 bits per heavy atom. The monoisotopic (exact) mass is 437 g/mol. The van der Waals surface area contributed by atoms with Gasteiger partial charge in [0, 0.05) is 15.6 Å². The molecule has 1 N–H and O–H groups in total. The average Bonchev–Trinajstić information content (AvgIpc) is 2.72. The molecule has 0 spiro atoms. The van der Waals surface area contributed by atoms with E-state index in [0.717, 1.165) is 22.3 Å². The van der Waals surface area contributed by atoms with Gasteiger partial charge in [0.1, 0.15) is 0 Å². The lowest BCUT2D eigenvalue weighted by molar-refractivity contribution is -0.114. The van der Waals surface area contributed by atoms with Crippen molar-refractivity contribution in [1.29, 1.82) is 0 Å². The van der Waals surface area contributed by atoms with Gasteiger partial charge in [0.25, 0.3) is 5.91 Å². The van der Waals surface area contributed by atoms with Crippen LogP contribution >= 0.6 is 62.3 Å². The zero-order valence-corrected chi connectivity index (χ0v) is 15.4. The number of benzene rings is 2. The second-order valence-corrected chi connectivity index (χ2v) is 7.69. The van der Waals surface area contributed by atoms with Gasteiger partial charge in [-0.2, -0.15) is 0 Å². The molecule has 1 atom stereocenters. The number of amides is 1. The summed E-state index contributed by atoms with van der Waals surface area (Å²) in [7, 11) is 0. The summed E-state index contributed by atoms with van der Waals surface area (Å²) in [6, 6.07) is 9.15. The molecule has 0 saturated heterocycles. The number of hydrogen-bond donors (Lipinski definition) is 1. The third-order valence-electron chi connectivity index (χ3n) is 3.42. The van der Waals surface area contributed by atoms with E-state index in [4.69, 9.17) is 46.4 Å². The molecule has 2 nitrogen and oxygen atoms in total. The Morgan fingerprint density at radius 3 is 2.45 bits per heavy atom. The molecular weight excluding hydrogens is 432 g/mol. The van der Waals surface area contributed by atoms with Crippen LogP contribution in [0.5, 0.6) is 0 Å². The molecule has 22 heavy (non-hydrogen) atoms. The number of rotatable bonds is 2. The fourth-order valence-corrected chi connectivity index (χ4v) is 3.81. The average molecular weight is 440 g/mol. The van der Waals surface area contributed by atoms with Crippen molar-refractivity contribution in [2.24, 2.45) is 0 Å². The number of anilines is 1. The van der Waals surface area contributed by atoms with Crippen LogP contribution in [0, 0.1) is 0 Å². The van der Waals surface area contributed by atoms with Crippen molar-refractivity contribution in [3.05, 3.63) is 51.5 Å². The summed E-state index contributed by atoms with van der Waals surface area (Å²) in [5, 5.41) is 3.88. The molecule has 0 heterocycles. The molecule has 0 bridgehead atoms. The molecule has 0 aliphatic heterocycles. The number of fused-ring (bicyclic) bond motifs is 3. The van der Waals surface area contributed by atoms with E-state index in [9.17, 15) is 4.79 Å². The van der Waals surface area contributed by atoms with Gasteiger partial charge in [0.05, 0.1) is 10.5 Å². The minimum Gasteiger partial charge on any atom is -0.323 e. The van der Waals surface area contributed by atoms with Crippen LogP contribution in [0.4, 0.5) is 5.69 Å². The number of alkyl halides is 3. The lowest BCUT2D eigenvalue weighted by Crippen LogP contribution is -2.19. The van der Waals surface area contributed by atoms with E-state index in [0.29, 0.717) is 15.7 Å². The van der Waals surface area contributed by atoms with Crippen molar-refractivity contribution in [1.82, 2.24) is 0 Å². The van der Waals surface area contributed by atoms with Crippen LogP contribution in [0.15, 0.2) is 30.3 Å². The quantitative estimate of drug-likeness (QED) is 0.554. The van der Waals surface area contributed by atoms with Gasteiger partial charge in [-0.3, -0.25) is 4.79 Å². The van der Waals surface area contributed by atoms with Crippen molar-refractivity contribution in [3.63, 3.8) is 0 Å². The fraction of sp³-hybridized carbons (Fsp3) is 0.133. The van der Waals surface area contributed by atoms with E-state index in [-0.39, 0.29) is 4.83 Å². The zero-order chi connectivity index (χ0) is 16.0. The van der Waals surface area contributed by atoms with Crippen LogP contribution in [-0.4, -0.2) is 10.7 Å². The van der Waals surface area contributed by atoms with E-state index in [1.54, 1.807) is 12.1 Å². The Bertz CT molecular complexity index is 778. The second kappa shape index (κ2) is 6.21. The predicted molar refractivity (Wildman–Crippen MR) is 96.8 cm³/mol. The molecule has 3 rings (SSSR count). The van der Waals surface area contributed by atoms with Gasteiger partial charge in [-0.1, -0.05) is 68.4 Å². The molecule has 0 saturated carbocycles.